The van der Waals surface area contributed by atoms with E-state index in [1.165, 1.54) is 0 Å². The third-order valence-electron chi connectivity index (χ3n) is 3.94. The predicted molar refractivity (Wildman–Crippen MR) is 84.8 cm³/mol. The van der Waals surface area contributed by atoms with Gasteiger partial charge in [0.05, 0.1) is 11.1 Å². The zero-order valence-corrected chi connectivity index (χ0v) is 12.0. The van der Waals surface area contributed by atoms with E-state index in [0.717, 1.165) is 5.56 Å². The fraction of sp³-hybridized carbons (Fsp3) is 0.111. The Bertz CT molecular complexity index is 925. The van der Waals surface area contributed by atoms with E-state index in [-0.39, 0.29) is 11.1 Å². The molecule has 3 aromatic rings. The van der Waals surface area contributed by atoms with Crippen molar-refractivity contribution < 1.29 is 19.8 Å². The lowest BCUT2D eigenvalue weighted by molar-refractivity contribution is 0.0687. The zero-order valence-electron chi connectivity index (χ0n) is 12.0. The molecule has 0 aliphatic heterocycles. The molecule has 0 fully saturated rings. The topological polar surface area (TPSA) is 74.6 Å². The number of fused-ring (bicyclic) bond motifs is 2. The number of aromatic carboxylic acids is 2. The summed E-state index contributed by atoms with van der Waals surface area (Å²) in [7, 11) is 0. The molecule has 0 aliphatic carbocycles. The van der Waals surface area contributed by atoms with Gasteiger partial charge < -0.3 is 10.2 Å². The van der Waals surface area contributed by atoms with Gasteiger partial charge in [-0.15, -0.1) is 0 Å². The van der Waals surface area contributed by atoms with E-state index in [2.05, 4.69) is 0 Å². The normalized spacial score (nSPS) is 11.0. The number of rotatable bonds is 3. The number of carboxylic acid groups (broad SMARTS) is 2. The van der Waals surface area contributed by atoms with Gasteiger partial charge in [0.1, 0.15) is 0 Å². The van der Waals surface area contributed by atoms with Crippen molar-refractivity contribution in [3.63, 3.8) is 0 Å². The van der Waals surface area contributed by atoms with Crippen molar-refractivity contribution in [1.82, 2.24) is 0 Å². The van der Waals surface area contributed by atoms with Crippen molar-refractivity contribution in [3.05, 3.63) is 59.2 Å². The Morgan fingerprint density at radius 1 is 0.818 bits per heavy atom. The molecule has 0 saturated carbocycles. The van der Waals surface area contributed by atoms with Crippen LogP contribution in [-0.2, 0) is 6.42 Å². The lowest BCUT2D eigenvalue weighted by atomic mass is 9.88. The first-order chi connectivity index (χ1) is 10.6. The summed E-state index contributed by atoms with van der Waals surface area (Å²) in [5, 5.41) is 21.2. The van der Waals surface area contributed by atoms with E-state index < -0.39 is 11.9 Å². The van der Waals surface area contributed by atoms with Gasteiger partial charge in [-0.1, -0.05) is 49.4 Å². The van der Waals surface area contributed by atoms with Crippen LogP contribution in [0.5, 0.6) is 0 Å². The van der Waals surface area contributed by atoms with Crippen molar-refractivity contribution in [3.8, 4) is 0 Å². The van der Waals surface area contributed by atoms with Crippen molar-refractivity contribution in [2.75, 3.05) is 0 Å². The minimum Gasteiger partial charge on any atom is -0.478 e. The Kier molecular flexibility index (Phi) is 3.29. The van der Waals surface area contributed by atoms with Crippen LogP contribution in [0.15, 0.2) is 42.5 Å². The summed E-state index contributed by atoms with van der Waals surface area (Å²) in [5.74, 6) is -2.09. The summed E-state index contributed by atoms with van der Waals surface area (Å²) >= 11 is 0. The molecule has 3 rings (SSSR count). The number of hydrogen-bond acceptors (Lipinski definition) is 2. The summed E-state index contributed by atoms with van der Waals surface area (Å²) in [6.07, 6.45) is 0.634. The molecule has 0 bridgehead atoms. The number of hydrogen-bond donors (Lipinski definition) is 2. The predicted octanol–water partition coefficient (Wildman–Crippen LogP) is 3.95. The van der Waals surface area contributed by atoms with E-state index in [9.17, 15) is 19.8 Å². The van der Waals surface area contributed by atoms with Crippen molar-refractivity contribution in [2.24, 2.45) is 0 Å². The number of benzene rings is 3. The molecule has 0 saturated heterocycles. The second kappa shape index (κ2) is 5.15. The van der Waals surface area contributed by atoms with Gasteiger partial charge in [-0.2, -0.15) is 0 Å². The molecule has 0 radical (unpaired) electrons. The molecule has 0 spiro atoms. The van der Waals surface area contributed by atoms with Crippen LogP contribution in [0.4, 0.5) is 0 Å². The standard InChI is InChI=1S/C18H14O4/c1-2-10-6-5-9-13-14(10)16(18(21)22)12-8-4-3-7-11(12)15(13)17(19)20/h3-9H,2H2,1H3,(H,19,20)(H,21,22). The molecule has 0 aromatic heterocycles. The highest BCUT2D eigenvalue weighted by molar-refractivity contribution is 6.24. The highest BCUT2D eigenvalue weighted by Crippen LogP contribution is 2.35. The molecule has 0 amide bonds. The van der Waals surface area contributed by atoms with E-state index in [4.69, 9.17) is 0 Å². The number of carboxylic acids is 2. The van der Waals surface area contributed by atoms with E-state index in [1.807, 2.05) is 13.0 Å². The van der Waals surface area contributed by atoms with Crippen LogP contribution in [0.25, 0.3) is 21.5 Å². The van der Waals surface area contributed by atoms with Gasteiger partial charge >= 0.3 is 11.9 Å². The van der Waals surface area contributed by atoms with E-state index >= 15 is 0 Å². The molecule has 3 aromatic carbocycles. The first-order valence-electron chi connectivity index (χ1n) is 6.99. The quantitative estimate of drug-likeness (QED) is 0.717. The van der Waals surface area contributed by atoms with Gasteiger partial charge in [0.2, 0.25) is 0 Å². The van der Waals surface area contributed by atoms with Gasteiger partial charge in [0.25, 0.3) is 0 Å². The van der Waals surface area contributed by atoms with Gasteiger partial charge in [-0.05, 0) is 28.1 Å². The second-order valence-corrected chi connectivity index (χ2v) is 5.10. The molecule has 2 N–H and O–H groups in total. The Balaban J connectivity index is 2.72. The molecule has 4 nitrogen and oxygen atoms in total. The van der Waals surface area contributed by atoms with E-state index in [0.29, 0.717) is 28.0 Å². The SMILES string of the molecule is CCc1cccc2c(C(=O)O)c3ccccc3c(C(=O)O)c12. The largest absolute Gasteiger partial charge is 0.478 e. The van der Waals surface area contributed by atoms with Crippen molar-refractivity contribution >= 4 is 33.5 Å². The van der Waals surface area contributed by atoms with Crippen LogP contribution < -0.4 is 0 Å². The minimum atomic E-state index is -1.05. The van der Waals surface area contributed by atoms with Gasteiger partial charge in [-0.3, -0.25) is 0 Å². The second-order valence-electron chi connectivity index (χ2n) is 5.10. The first kappa shape index (κ1) is 14.1. The van der Waals surface area contributed by atoms with Gasteiger partial charge in [0, 0.05) is 5.39 Å². The molecule has 22 heavy (non-hydrogen) atoms. The van der Waals surface area contributed by atoms with Crippen LogP contribution in [0.2, 0.25) is 0 Å². The fourth-order valence-corrected chi connectivity index (χ4v) is 3.05. The van der Waals surface area contributed by atoms with Crippen LogP contribution in [0.3, 0.4) is 0 Å². The summed E-state index contributed by atoms with van der Waals surface area (Å²) in [5.41, 5.74) is 1.17. The fourth-order valence-electron chi connectivity index (χ4n) is 3.05. The Labute approximate surface area is 126 Å². The molecular weight excluding hydrogens is 280 g/mol. The minimum absolute atomic E-state index is 0.158. The maximum absolute atomic E-state index is 11.8. The Hall–Kier alpha value is -2.88. The number of carbonyl (C=O) groups is 2. The monoisotopic (exact) mass is 294 g/mol. The zero-order chi connectivity index (χ0) is 15.9. The maximum atomic E-state index is 11.8. The Morgan fingerprint density at radius 3 is 1.91 bits per heavy atom. The molecule has 0 aliphatic rings. The summed E-state index contributed by atoms with van der Waals surface area (Å²) in [6, 6.07) is 12.1. The van der Waals surface area contributed by atoms with Crippen LogP contribution in [-0.4, -0.2) is 22.2 Å². The third kappa shape index (κ3) is 1.92. The summed E-state index contributed by atoms with van der Waals surface area (Å²) in [4.78, 5) is 23.6. The molecule has 110 valence electrons. The molecule has 0 atom stereocenters. The molecule has 0 heterocycles. The number of aryl methyl sites for hydroxylation is 1. The van der Waals surface area contributed by atoms with Crippen molar-refractivity contribution in [1.29, 1.82) is 0 Å². The average molecular weight is 294 g/mol. The highest BCUT2D eigenvalue weighted by atomic mass is 16.4. The molecule has 4 heteroatoms. The van der Waals surface area contributed by atoms with Gasteiger partial charge in [0.15, 0.2) is 0 Å². The highest BCUT2D eigenvalue weighted by Gasteiger charge is 2.22. The van der Waals surface area contributed by atoms with Crippen molar-refractivity contribution in [2.45, 2.75) is 13.3 Å². The lowest BCUT2D eigenvalue weighted by Gasteiger charge is -2.14. The third-order valence-corrected chi connectivity index (χ3v) is 3.94. The molecular formula is C18H14O4. The van der Waals surface area contributed by atoms with Gasteiger partial charge in [-0.25, -0.2) is 9.59 Å². The molecule has 0 unspecified atom stereocenters. The van der Waals surface area contributed by atoms with Crippen LogP contribution in [0.1, 0.15) is 33.2 Å². The van der Waals surface area contributed by atoms with Crippen LogP contribution in [0, 0.1) is 0 Å². The first-order valence-corrected chi connectivity index (χ1v) is 6.99. The van der Waals surface area contributed by atoms with Crippen LogP contribution >= 0.6 is 0 Å². The van der Waals surface area contributed by atoms with E-state index in [1.54, 1.807) is 36.4 Å². The lowest BCUT2D eigenvalue weighted by Crippen LogP contribution is -2.07. The summed E-state index contributed by atoms with van der Waals surface area (Å²) in [6.45, 7) is 1.93. The smallest absolute Gasteiger partial charge is 0.336 e. The maximum Gasteiger partial charge on any atom is 0.336 e. The Morgan fingerprint density at radius 2 is 1.36 bits per heavy atom. The average Bonchev–Trinajstić information content (AvgIpc) is 2.50. The summed E-state index contributed by atoms with van der Waals surface area (Å²) < 4.78 is 0.